The fraction of sp³-hybridized carbons (Fsp3) is 0.136. The van der Waals surface area contributed by atoms with Gasteiger partial charge in [-0.15, -0.1) is 0 Å². The average molecular weight is 316 g/mol. The fourth-order valence-electron chi connectivity index (χ4n) is 2.81. The molecule has 0 N–H and O–H groups in total. The molecule has 0 aromatic heterocycles. The number of benzene rings is 3. The molecule has 0 saturated carbocycles. The minimum absolute atomic E-state index is 0.164. The van der Waals surface area contributed by atoms with E-state index >= 15 is 0 Å². The summed E-state index contributed by atoms with van der Waals surface area (Å²) < 4.78 is 5.30. The Bertz CT molecular complexity index is 822. The van der Waals surface area contributed by atoms with Crippen LogP contribution in [0.2, 0.25) is 0 Å². The molecule has 0 spiro atoms. The molecule has 0 aliphatic rings. The van der Waals surface area contributed by atoms with Crippen LogP contribution in [0.15, 0.2) is 78.9 Å². The van der Waals surface area contributed by atoms with Gasteiger partial charge in [0.05, 0.1) is 7.11 Å². The minimum atomic E-state index is 0.164. The predicted octanol–water partition coefficient (Wildman–Crippen LogP) is 5.18. The number of hydrogen-bond donors (Lipinski definition) is 0. The molecule has 3 aromatic rings. The van der Waals surface area contributed by atoms with Gasteiger partial charge >= 0.3 is 0 Å². The smallest absolute Gasteiger partial charge is 0.163 e. The van der Waals surface area contributed by atoms with Crippen molar-refractivity contribution in [2.24, 2.45) is 0 Å². The first-order valence-corrected chi connectivity index (χ1v) is 8.08. The second kappa shape index (κ2) is 7.60. The lowest BCUT2D eigenvalue weighted by Gasteiger charge is -2.10. The molecule has 3 rings (SSSR count). The maximum atomic E-state index is 12.7. The molecule has 3 aromatic carbocycles. The van der Waals surface area contributed by atoms with Gasteiger partial charge in [-0.1, -0.05) is 66.7 Å². The number of carbonyl (C=O) groups is 1. The Morgan fingerprint density at radius 1 is 0.875 bits per heavy atom. The Kier molecular flexibility index (Phi) is 5.07. The zero-order valence-corrected chi connectivity index (χ0v) is 13.7. The first-order chi connectivity index (χ1) is 11.8. The number of carbonyl (C=O) groups excluding carboxylic acids is 1. The number of methoxy groups -OCH3 is 1. The third kappa shape index (κ3) is 3.72. The summed E-state index contributed by atoms with van der Waals surface area (Å²) in [5, 5.41) is 0. The number of ketones is 1. The third-order valence-electron chi connectivity index (χ3n) is 4.09. The number of hydrogen-bond acceptors (Lipinski definition) is 2. The Hall–Kier alpha value is -2.87. The van der Waals surface area contributed by atoms with Crippen molar-refractivity contribution in [2.75, 3.05) is 7.11 Å². The molecule has 0 saturated heterocycles. The summed E-state index contributed by atoms with van der Waals surface area (Å²) in [7, 11) is 1.65. The Morgan fingerprint density at radius 3 is 2.42 bits per heavy atom. The lowest BCUT2D eigenvalue weighted by molar-refractivity contribution is 0.0983. The standard InChI is InChI=1S/C22H20O2/c1-24-19-11-7-10-18(16-19)20-12-5-6-13-21(20)22(23)15-14-17-8-3-2-4-9-17/h2-13,16H,14-15H2,1H3. The lowest BCUT2D eigenvalue weighted by Crippen LogP contribution is -2.03. The van der Waals surface area contributed by atoms with Crippen LogP contribution < -0.4 is 4.74 Å². The number of rotatable bonds is 6. The fourth-order valence-corrected chi connectivity index (χ4v) is 2.81. The van der Waals surface area contributed by atoms with E-state index in [1.165, 1.54) is 5.56 Å². The van der Waals surface area contributed by atoms with E-state index in [4.69, 9.17) is 4.74 Å². The van der Waals surface area contributed by atoms with Gasteiger partial charge in [0.15, 0.2) is 5.78 Å². The van der Waals surface area contributed by atoms with Crippen LogP contribution >= 0.6 is 0 Å². The first kappa shape index (κ1) is 16.0. The van der Waals surface area contributed by atoms with Gasteiger partial charge in [0.2, 0.25) is 0 Å². The summed E-state index contributed by atoms with van der Waals surface area (Å²) in [6, 6.07) is 25.7. The van der Waals surface area contributed by atoms with Gasteiger partial charge in [0, 0.05) is 12.0 Å². The van der Waals surface area contributed by atoms with Crippen molar-refractivity contribution in [2.45, 2.75) is 12.8 Å². The van der Waals surface area contributed by atoms with E-state index in [0.29, 0.717) is 6.42 Å². The zero-order valence-electron chi connectivity index (χ0n) is 13.7. The molecule has 0 aliphatic carbocycles. The molecular formula is C22H20O2. The van der Waals surface area contributed by atoms with Gasteiger partial charge in [-0.05, 0) is 35.2 Å². The van der Waals surface area contributed by atoms with Crippen molar-refractivity contribution >= 4 is 5.78 Å². The number of aryl methyl sites for hydroxylation is 1. The third-order valence-corrected chi connectivity index (χ3v) is 4.09. The van der Waals surface area contributed by atoms with E-state index in [1.807, 2.05) is 66.7 Å². The van der Waals surface area contributed by atoms with Crippen molar-refractivity contribution in [1.29, 1.82) is 0 Å². The van der Waals surface area contributed by atoms with E-state index in [0.717, 1.165) is 28.9 Å². The summed E-state index contributed by atoms with van der Waals surface area (Å²) in [5.74, 6) is 0.955. The maximum absolute atomic E-state index is 12.7. The van der Waals surface area contributed by atoms with Gasteiger partial charge in [0.25, 0.3) is 0 Å². The van der Waals surface area contributed by atoms with Gasteiger partial charge in [-0.2, -0.15) is 0 Å². The topological polar surface area (TPSA) is 26.3 Å². The molecule has 0 aliphatic heterocycles. The molecule has 0 unspecified atom stereocenters. The van der Waals surface area contributed by atoms with E-state index in [-0.39, 0.29) is 5.78 Å². The minimum Gasteiger partial charge on any atom is -0.497 e. The van der Waals surface area contributed by atoms with Crippen molar-refractivity contribution in [3.63, 3.8) is 0 Å². The quantitative estimate of drug-likeness (QED) is 0.586. The number of Topliss-reactive ketones (excluding diaryl/α,β-unsaturated/α-hetero) is 1. The summed E-state index contributed by atoms with van der Waals surface area (Å²) in [4.78, 5) is 12.7. The van der Waals surface area contributed by atoms with Crippen LogP contribution in [0.4, 0.5) is 0 Å². The van der Waals surface area contributed by atoms with Crippen molar-refractivity contribution in [1.82, 2.24) is 0 Å². The van der Waals surface area contributed by atoms with Crippen molar-refractivity contribution in [3.8, 4) is 16.9 Å². The highest BCUT2D eigenvalue weighted by atomic mass is 16.5. The lowest BCUT2D eigenvalue weighted by atomic mass is 9.94. The Morgan fingerprint density at radius 2 is 1.62 bits per heavy atom. The average Bonchev–Trinajstić information content (AvgIpc) is 2.67. The van der Waals surface area contributed by atoms with Gasteiger partial charge in [-0.3, -0.25) is 4.79 Å². The SMILES string of the molecule is COc1cccc(-c2ccccc2C(=O)CCc2ccccc2)c1. The highest BCUT2D eigenvalue weighted by molar-refractivity contribution is 6.02. The number of ether oxygens (including phenoxy) is 1. The second-order valence-corrected chi connectivity index (χ2v) is 5.69. The van der Waals surface area contributed by atoms with E-state index < -0.39 is 0 Å². The predicted molar refractivity (Wildman–Crippen MR) is 97.5 cm³/mol. The molecule has 24 heavy (non-hydrogen) atoms. The molecular weight excluding hydrogens is 296 g/mol. The first-order valence-electron chi connectivity index (χ1n) is 8.08. The molecule has 0 radical (unpaired) electrons. The van der Waals surface area contributed by atoms with Gasteiger partial charge < -0.3 is 4.74 Å². The molecule has 0 heterocycles. The largest absolute Gasteiger partial charge is 0.497 e. The van der Waals surface area contributed by atoms with Crippen LogP contribution in [0, 0.1) is 0 Å². The summed E-state index contributed by atoms with van der Waals surface area (Å²) in [5.41, 5.74) is 3.90. The molecule has 0 amide bonds. The van der Waals surface area contributed by atoms with E-state index in [1.54, 1.807) is 7.11 Å². The molecule has 2 nitrogen and oxygen atoms in total. The molecule has 0 fully saturated rings. The Labute approximate surface area is 142 Å². The second-order valence-electron chi connectivity index (χ2n) is 5.69. The maximum Gasteiger partial charge on any atom is 0.163 e. The molecule has 2 heteroatoms. The van der Waals surface area contributed by atoms with Crippen LogP contribution in [0.1, 0.15) is 22.3 Å². The van der Waals surface area contributed by atoms with Gasteiger partial charge in [0.1, 0.15) is 5.75 Å². The van der Waals surface area contributed by atoms with Crippen LogP contribution in [0.3, 0.4) is 0 Å². The van der Waals surface area contributed by atoms with E-state index in [9.17, 15) is 4.79 Å². The normalized spacial score (nSPS) is 10.4. The van der Waals surface area contributed by atoms with E-state index in [2.05, 4.69) is 12.1 Å². The molecule has 0 bridgehead atoms. The Balaban J connectivity index is 1.84. The van der Waals surface area contributed by atoms with Crippen molar-refractivity contribution in [3.05, 3.63) is 90.0 Å². The molecule has 120 valence electrons. The van der Waals surface area contributed by atoms with Crippen molar-refractivity contribution < 1.29 is 9.53 Å². The van der Waals surface area contributed by atoms with Crippen LogP contribution in [-0.4, -0.2) is 12.9 Å². The van der Waals surface area contributed by atoms with Crippen LogP contribution in [0.5, 0.6) is 5.75 Å². The van der Waals surface area contributed by atoms with Crippen LogP contribution in [-0.2, 0) is 6.42 Å². The summed E-state index contributed by atoms with van der Waals surface area (Å²) in [6.45, 7) is 0. The highest BCUT2D eigenvalue weighted by Crippen LogP contribution is 2.28. The zero-order chi connectivity index (χ0) is 16.8. The summed E-state index contributed by atoms with van der Waals surface area (Å²) >= 11 is 0. The highest BCUT2D eigenvalue weighted by Gasteiger charge is 2.13. The monoisotopic (exact) mass is 316 g/mol. The van der Waals surface area contributed by atoms with Crippen LogP contribution in [0.25, 0.3) is 11.1 Å². The summed E-state index contributed by atoms with van der Waals surface area (Å²) in [6.07, 6.45) is 1.26. The molecule has 0 atom stereocenters. The van der Waals surface area contributed by atoms with Gasteiger partial charge in [-0.25, -0.2) is 0 Å².